The Labute approximate surface area is 112 Å². The molecule has 0 aliphatic carbocycles. The summed E-state index contributed by atoms with van der Waals surface area (Å²) in [5, 5.41) is 5.19. The van der Waals surface area contributed by atoms with Crippen LogP contribution in [0.2, 0.25) is 0 Å². The van der Waals surface area contributed by atoms with E-state index in [1.807, 2.05) is 0 Å². The molecule has 0 aromatic heterocycles. The first kappa shape index (κ1) is 15.6. The quantitative estimate of drug-likeness (QED) is 0.831. The van der Waals surface area contributed by atoms with Gasteiger partial charge in [-0.2, -0.15) is 8.78 Å². The molecule has 0 bridgehead atoms. The standard InChI is InChI=1S/C14H20F2N2O/c1-13(2,12(19)17-3)9-18-10-14(15,16)11-7-5-4-6-8-11/h4-8,18H,9-10H2,1-3H3,(H,17,19). The minimum Gasteiger partial charge on any atom is -0.359 e. The Bertz CT molecular complexity index is 419. The summed E-state index contributed by atoms with van der Waals surface area (Å²) in [6, 6.07) is 7.65. The van der Waals surface area contributed by atoms with Crippen LogP contribution in [0.15, 0.2) is 30.3 Å². The van der Waals surface area contributed by atoms with Crippen molar-refractivity contribution in [3.8, 4) is 0 Å². The van der Waals surface area contributed by atoms with Crippen molar-refractivity contribution >= 4 is 5.91 Å². The molecule has 106 valence electrons. The zero-order chi connectivity index (χ0) is 14.5. The SMILES string of the molecule is CNC(=O)C(C)(C)CNCC(F)(F)c1ccccc1. The van der Waals surface area contributed by atoms with E-state index in [1.165, 1.54) is 19.2 Å². The van der Waals surface area contributed by atoms with Gasteiger partial charge in [0.25, 0.3) is 5.92 Å². The second-order valence-corrected chi connectivity index (χ2v) is 5.14. The van der Waals surface area contributed by atoms with Gasteiger partial charge in [0, 0.05) is 19.2 Å². The average molecular weight is 270 g/mol. The largest absolute Gasteiger partial charge is 0.359 e. The number of hydrogen-bond acceptors (Lipinski definition) is 2. The van der Waals surface area contributed by atoms with Crippen LogP contribution in [0.25, 0.3) is 0 Å². The topological polar surface area (TPSA) is 41.1 Å². The normalized spacial score (nSPS) is 12.3. The minimum atomic E-state index is -2.94. The zero-order valence-electron chi connectivity index (χ0n) is 11.5. The first-order chi connectivity index (χ1) is 8.79. The third-order valence-electron chi connectivity index (χ3n) is 2.95. The molecule has 0 aliphatic heterocycles. The van der Waals surface area contributed by atoms with Gasteiger partial charge in [-0.15, -0.1) is 0 Å². The molecule has 1 aromatic rings. The van der Waals surface area contributed by atoms with Crippen LogP contribution in [0.4, 0.5) is 8.78 Å². The van der Waals surface area contributed by atoms with Crippen LogP contribution in [0.3, 0.4) is 0 Å². The van der Waals surface area contributed by atoms with Crippen molar-refractivity contribution in [3.05, 3.63) is 35.9 Å². The van der Waals surface area contributed by atoms with Gasteiger partial charge in [0.2, 0.25) is 5.91 Å². The lowest BCUT2D eigenvalue weighted by molar-refractivity contribution is -0.128. The first-order valence-corrected chi connectivity index (χ1v) is 6.16. The molecule has 0 radical (unpaired) electrons. The van der Waals surface area contributed by atoms with Gasteiger partial charge in [0.15, 0.2) is 0 Å². The van der Waals surface area contributed by atoms with Gasteiger partial charge in [-0.25, -0.2) is 0 Å². The van der Waals surface area contributed by atoms with E-state index in [0.29, 0.717) is 0 Å². The maximum absolute atomic E-state index is 13.9. The molecule has 0 saturated carbocycles. The van der Waals surface area contributed by atoms with Crippen molar-refractivity contribution < 1.29 is 13.6 Å². The molecule has 3 nitrogen and oxygen atoms in total. The van der Waals surface area contributed by atoms with Gasteiger partial charge in [0.1, 0.15) is 0 Å². The molecular formula is C14H20F2N2O. The van der Waals surface area contributed by atoms with Crippen LogP contribution in [-0.2, 0) is 10.7 Å². The summed E-state index contributed by atoms with van der Waals surface area (Å²) < 4.78 is 27.7. The molecule has 0 aliphatic rings. The number of halogens is 2. The van der Waals surface area contributed by atoms with Crippen LogP contribution in [0.1, 0.15) is 19.4 Å². The second kappa shape index (κ2) is 6.10. The lowest BCUT2D eigenvalue weighted by atomic mass is 9.92. The van der Waals surface area contributed by atoms with E-state index >= 15 is 0 Å². The zero-order valence-corrected chi connectivity index (χ0v) is 11.5. The Kier molecular flexibility index (Phi) is 5.00. The Morgan fingerprint density at radius 3 is 2.26 bits per heavy atom. The van der Waals surface area contributed by atoms with Crippen molar-refractivity contribution in [2.24, 2.45) is 5.41 Å². The predicted octanol–water partition coefficient (Wildman–Crippen LogP) is 2.14. The van der Waals surface area contributed by atoms with Crippen LogP contribution in [0, 0.1) is 5.41 Å². The molecule has 1 rings (SSSR count). The summed E-state index contributed by atoms with van der Waals surface area (Å²) in [7, 11) is 1.53. The molecule has 1 amide bonds. The molecule has 0 atom stereocenters. The monoisotopic (exact) mass is 270 g/mol. The highest BCUT2D eigenvalue weighted by atomic mass is 19.3. The van der Waals surface area contributed by atoms with Gasteiger partial charge in [-0.3, -0.25) is 4.79 Å². The molecule has 0 spiro atoms. The van der Waals surface area contributed by atoms with E-state index in [-0.39, 0.29) is 18.0 Å². The van der Waals surface area contributed by atoms with Gasteiger partial charge in [0.05, 0.1) is 12.0 Å². The maximum Gasteiger partial charge on any atom is 0.285 e. The fourth-order valence-corrected chi connectivity index (χ4v) is 1.73. The van der Waals surface area contributed by atoms with Gasteiger partial charge >= 0.3 is 0 Å². The Morgan fingerprint density at radius 2 is 1.74 bits per heavy atom. The van der Waals surface area contributed by atoms with Crippen LogP contribution in [-0.4, -0.2) is 26.0 Å². The van der Waals surface area contributed by atoms with Crippen LogP contribution >= 0.6 is 0 Å². The number of carbonyl (C=O) groups excluding carboxylic acids is 1. The third-order valence-corrected chi connectivity index (χ3v) is 2.95. The summed E-state index contributed by atoms with van der Waals surface area (Å²) >= 11 is 0. The first-order valence-electron chi connectivity index (χ1n) is 6.16. The number of nitrogens with one attached hydrogen (secondary N) is 2. The van der Waals surface area contributed by atoms with E-state index in [2.05, 4.69) is 10.6 Å². The maximum atomic E-state index is 13.9. The predicted molar refractivity (Wildman–Crippen MR) is 71.1 cm³/mol. The summed E-state index contributed by atoms with van der Waals surface area (Å²) in [5.74, 6) is -3.12. The summed E-state index contributed by atoms with van der Waals surface area (Å²) in [4.78, 5) is 11.5. The van der Waals surface area contributed by atoms with E-state index in [4.69, 9.17) is 0 Å². The highest BCUT2D eigenvalue weighted by Crippen LogP contribution is 2.27. The molecule has 0 unspecified atom stereocenters. The minimum absolute atomic E-state index is 0.0275. The van der Waals surface area contributed by atoms with Crippen molar-refractivity contribution in [2.45, 2.75) is 19.8 Å². The molecular weight excluding hydrogens is 250 g/mol. The van der Waals surface area contributed by atoms with Crippen LogP contribution < -0.4 is 10.6 Å². The van der Waals surface area contributed by atoms with Crippen molar-refractivity contribution in [1.82, 2.24) is 10.6 Å². The van der Waals surface area contributed by atoms with E-state index in [9.17, 15) is 13.6 Å². The molecule has 2 N–H and O–H groups in total. The fourth-order valence-electron chi connectivity index (χ4n) is 1.73. The number of benzene rings is 1. The Hall–Kier alpha value is -1.49. The highest BCUT2D eigenvalue weighted by Gasteiger charge is 2.33. The van der Waals surface area contributed by atoms with Crippen molar-refractivity contribution in [2.75, 3.05) is 20.1 Å². The molecule has 19 heavy (non-hydrogen) atoms. The molecule has 0 fully saturated rings. The summed E-state index contributed by atoms with van der Waals surface area (Å²) in [6.45, 7) is 3.12. The molecule has 1 aromatic carbocycles. The van der Waals surface area contributed by atoms with E-state index in [1.54, 1.807) is 32.0 Å². The fraction of sp³-hybridized carbons (Fsp3) is 0.500. The number of amides is 1. The van der Waals surface area contributed by atoms with Gasteiger partial charge < -0.3 is 10.6 Å². The highest BCUT2D eigenvalue weighted by molar-refractivity contribution is 5.81. The molecule has 5 heteroatoms. The summed E-state index contributed by atoms with van der Waals surface area (Å²) in [6.07, 6.45) is 0. The van der Waals surface area contributed by atoms with Crippen molar-refractivity contribution in [1.29, 1.82) is 0 Å². The van der Waals surface area contributed by atoms with Crippen molar-refractivity contribution in [3.63, 3.8) is 0 Å². The molecule has 0 saturated heterocycles. The Morgan fingerprint density at radius 1 is 1.16 bits per heavy atom. The van der Waals surface area contributed by atoms with Crippen LogP contribution in [0.5, 0.6) is 0 Å². The second-order valence-electron chi connectivity index (χ2n) is 5.14. The smallest absolute Gasteiger partial charge is 0.285 e. The Balaban J connectivity index is 2.55. The lowest BCUT2D eigenvalue weighted by Gasteiger charge is -2.25. The van der Waals surface area contributed by atoms with Gasteiger partial charge in [-0.05, 0) is 13.8 Å². The van der Waals surface area contributed by atoms with E-state index < -0.39 is 17.9 Å². The third kappa shape index (κ3) is 4.28. The lowest BCUT2D eigenvalue weighted by Crippen LogP contribution is -2.44. The van der Waals surface area contributed by atoms with Gasteiger partial charge in [-0.1, -0.05) is 30.3 Å². The number of hydrogen-bond donors (Lipinski definition) is 2. The van der Waals surface area contributed by atoms with E-state index in [0.717, 1.165) is 0 Å². The number of rotatable bonds is 6. The summed E-state index contributed by atoms with van der Waals surface area (Å²) in [5.41, 5.74) is -0.748. The number of alkyl halides is 2. The number of carbonyl (C=O) groups is 1. The molecule has 0 heterocycles. The average Bonchev–Trinajstić information content (AvgIpc) is 2.38.